The van der Waals surface area contributed by atoms with E-state index in [1.807, 2.05) is 6.07 Å². The highest BCUT2D eigenvalue weighted by molar-refractivity contribution is 6.39. The standard InChI is InChI=1S/C14H10N4O3/c15-8-10-3-5-11(6-4-10)17-13(19)14(20)18-16-9-12-2-1-7-21-12/h1-7,9H,(H,17,19)(H,18,20)/b16-9+. The third kappa shape index (κ3) is 4.04. The van der Waals surface area contributed by atoms with E-state index in [1.165, 1.54) is 36.7 Å². The highest BCUT2D eigenvalue weighted by Crippen LogP contribution is 2.08. The number of carbonyl (C=O) groups excluding carboxylic acids is 2. The SMILES string of the molecule is N#Cc1ccc(NC(=O)C(=O)N/N=C/c2ccco2)cc1. The average molecular weight is 282 g/mol. The lowest BCUT2D eigenvalue weighted by Gasteiger charge is -2.03. The smallest absolute Gasteiger partial charge is 0.329 e. The molecule has 0 bridgehead atoms. The predicted molar refractivity (Wildman–Crippen MR) is 74.2 cm³/mol. The Hall–Kier alpha value is -3.40. The van der Waals surface area contributed by atoms with E-state index in [1.54, 1.807) is 12.1 Å². The molecular weight excluding hydrogens is 272 g/mol. The number of hydrazone groups is 1. The van der Waals surface area contributed by atoms with Crippen LogP contribution in [0.1, 0.15) is 11.3 Å². The Labute approximate surface area is 119 Å². The van der Waals surface area contributed by atoms with Crippen LogP contribution in [0, 0.1) is 11.3 Å². The van der Waals surface area contributed by atoms with Crippen LogP contribution in [0.15, 0.2) is 52.2 Å². The molecule has 0 radical (unpaired) electrons. The van der Waals surface area contributed by atoms with Gasteiger partial charge in [0.25, 0.3) is 0 Å². The fourth-order valence-corrected chi connectivity index (χ4v) is 1.39. The van der Waals surface area contributed by atoms with Crippen molar-refractivity contribution in [1.29, 1.82) is 5.26 Å². The number of carbonyl (C=O) groups is 2. The van der Waals surface area contributed by atoms with E-state index in [0.29, 0.717) is 17.0 Å². The van der Waals surface area contributed by atoms with Gasteiger partial charge in [0, 0.05) is 5.69 Å². The molecule has 21 heavy (non-hydrogen) atoms. The van der Waals surface area contributed by atoms with Crippen LogP contribution in [0.2, 0.25) is 0 Å². The van der Waals surface area contributed by atoms with Gasteiger partial charge in [0.05, 0.1) is 24.1 Å². The maximum Gasteiger partial charge on any atom is 0.329 e. The quantitative estimate of drug-likeness (QED) is 0.501. The van der Waals surface area contributed by atoms with Crippen LogP contribution in [0.4, 0.5) is 5.69 Å². The molecule has 0 fully saturated rings. The normalized spacial score (nSPS) is 10.0. The minimum atomic E-state index is -0.915. The Balaban J connectivity index is 1.87. The van der Waals surface area contributed by atoms with E-state index in [9.17, 15) is 9.59 Å². The van der Waals surface area contributed by atoms with Gasteiger partial charge in [-0.25, -0.2) is 5.43 Å². The summed E-state index contributed by atoms with van der Waals surface area (Å²) in [7, 11) is 0. The summed E-state index contributed by atoms with van der Waals surface area (Å²) in [4.78, 5) is 23.1. The van der Waals surface area contributed by atoms with Crippen molar-refractivity contribution in [3.8, 4) is 6.07 Å². The molecular formula is C14H10N4O3. The van der Waals surface area contributed by atoms with Gasteiger partial charge in [-0.1, -0.05) is 0 Å². The topological polar surface area (TPSA) is 107 Å². The minimum Gasteiger partial charge on any atom is -0.463 e. The van der Waals surface area contributed by atoms with Crippen LogP contribution in [0.25, 0.3) is 0 Å². The van der Waals surface area contributed by atoms with Crippen LogP contribution in [0.5, 0.6) is 0 Å². The van der Waals surface area contributed by atoms with Crippen LogP contribution >= 0.6 is 0 Å². The molecule has 2 N–H and O–H groups in total. The van der Waals surface area contributed by atoms with Gasteiger partial charge >= 0.3 is 11.8 Å². The first-order valence-corrected chi connectivity index (χ1v) is 5.87. The van der Waals surface area contributed by atoms with Gasteiger partial charge in [-0.15, -0.1) is 0 Å². The monoisotopic (exact) mass is 282 g/mol. The van der Waals surface area contributed by atoms with Crippen LogP contribution in [0.3, 0.4) is 0 Å². The highest BCUT2D eigenvalue weighted by atomic mass is 16.3. The van der Waals surface area contributed by atoms with E-state index < -0.39 is 11.8 Å². The van der Waals surface area contributed by atoms with Gasteiger partial charge in [0.2, 0.25) is 0 Å². The van der Waals surface area contributed by atoms with Crippen molar-refractivity contribution in [1.82, 2.24) is 5.43 Å². The van der Waals surface area contributed by atoms with E-state index in [-0.39, 0.29) is 0 Å². The summed E-state index contributed by atoms with van der Waals surface area (Å²) < 4.78 is 4.97. The van der Waals surface area contributed by atoms with Gasteiger partial charge < -0.3 is 9.73 Å². The zero-order valence-electron chi connectivity index (χ0n) is 10.7. The fraction of sp³-hybridized carbons (Fsp3) is 0. The van der Waals surface area contributed by atoms with E-state index >= 15 is 0 Å². The Morgan fingerprint density at radius 2 is 1.95 bits per heavy atom. The lowest BCUT2D eigenvalue weighted by molar-refractivity contribution is -0.136. The Bertz CT molecular complexity index is 697. The molecule has 1 aromatic heterocycles. The van der Waals surface area contributed by atoms with Crippen molar-refractivity contribution in [3.63, 3.8) is 0 Å². The Morgan fingerprint density at radius 1 is 1.19 bits per heavy atom. The van der Waals surface area contributed by atoms with E-state index in [4.69, 9.17) is 9.68 Å². The van der Waals surface area contributed by atoms with Crippen LogP contribution < -0.4 is 10.7 Å². The molecule has 0 aliphatic carbocycles. The largest absolute Gasteiger partial charge is 0.463 e. The number of nitriles is 1. The maximum atomic E-state index is 11.6. The number of benzene rings is 1. The van der Waals surface area contributed by atoms with Crippen molar-refractivity contribution in [2.75, 3.05) is 5.32 Å². The molecule has 1 aromatic carbocycles. The zero-order valence-corrected chi connectivity index (χ0v) is 10.7. The number of hydrogen-bond donors (Lipinski definition) is 2. The van der Waals surface area contributed by atoms with Gasteiger partial charge in [0.15, 0.2) is 0 Å². The number of nitrogens with one attached hydrogen (secondary N) is 2. The Morgan fingerprint density at radius 3 is 2.57 bits per heavy atom. The van der Waals surface area contributed by atoms with Crippen molar-refractivity contribution in [3.05, 3.63) is 54.0 Å². The predicted octanol–water partition coefficient (Wildman–Crippen LogP) is 1.24. The third-order valence-electron chi connectivity index (χ3n) is 2.38. The summed E-state index contributed by atoms with van der Waals surface area (Å²) in [5.74, 6) is -1.33. The molecule has 104 valence electrons. The molecule has 0 atom stereocenters. The Kier molecular flexibility index (Phi) is 4.46. The average Bonchev–Trinajstić information content (AvgIpc) is 3.01. The summed E-state index contributed by atoms with van der Waals surface area (Å²) >= 11 is 0. The molecule has 7 nitrogen and oxygen atoms in total. The lowest BCUT2D eigenvalue weighted by Crippen LogP contribution is -2.32. The van der Waals surface area contributed by atoms with E-state index in [0.717, 1.165) is 0 Å². The summed E-state index contributed by atoms with van der Waals surface area (Å²) in [5, 5.41) is 14.6. The maximum absolute atomic E-state index is 11.6. The molecule has 0 saturated heterocycles. The first-order valence-electron chi connectivity index (χ1n) is 5.87. The van der Waals surface area contributed by atoms with Crippen molar-refractivity contribution >= 4 is 23.7 Å². The number of hydrogen-bond acceptors (Lipinski definition) is 5. The van der Waals surface area contributed by atoms with Crippen LogP contribution in [-0.2, 0) is 9.59 Å². The second kappa shape index (κ2) is 6.68. The van der Waals surface area contributed by atoms with Gasteiger partial charge in [0.1, 0.15) is 5.76 Å². The molecule has 7 heteroatoms. The van der Waals surface area contributed by atoms with Crippen LogP contribution in [-0.4, -0.2) is 18.0 Å². The molecule has 0 saturated carbocycles. The van der Waals surface area contributed by atoms with Crippen molar-refractivity contribution in [2.24, 2.45) is 5.10 Å². The number of nitrogens with zero attached hydrogens (tertiary/aromatic N) is 2. The summed E-state index contributed by atoms with van der Waals surface area (Å²) in [5.41, 5.74) is 2.94. The molecule has 1 heterocycles. The summed E-state index contributed by atoms with van der Waals surface area (Å²) in [6, 6.07) is 11.4. The van der Waals surface area contributed by atoms with E-state index in [2.05, 4.69) is 15.8 Å². The molecule has 2 aromatic rings. The van der Waals surface area contributed by atoms with Crippen molar-refractivity contribution in [2.45, 2.75) is 0 Å². The zero-order chi connectivity index (χ0) is 15.1. The molecule has 0 aliphatic heterocycles. The molecule has 0 aliphatic rings. The first-order chi connectivity index (χ1) is 10.2. The second-order valence-corrected chi connectivity index (χ2v) is 3.86. The third-order valence-corrected chi connectivity index (χ3v) is 2.38. The van der Waals surface area contributed by atoms with Gasteiger partial charge in [-0.05, 0) is 36.4 Å². The van der Waals surface area contributed by atoms with Gasteiger partial charge in [-0.3, -0.25) is 9.59 Å². The highest BCUT2D eigenvalue weighted by Gasteiger charge is 2.12. The molecule has 2 rings (SSSR count). The molecule has 0 spiro atoms. The number of amides is 2. The lowest BCUT2D eigenvalue weighted by atomic mass is 10.2. The second-order valence-electron chi connectivity index (χ2n) is 3.86. The van der Waals surface area contributed by atoms with Crippen molar-refractivity contribution < 1.29 is 14.0 Å². The minimum absolute atomic E-state index is 0.407. The molecule has 0 unspecified atom stereocenters. The van der Waals surface area contributed by atoms with Gasteiger partial charge in [-0.2, -0.15) is 10.4 Å². The summed E-state index contributed by atoms with van der Waals surface area (Å²) in [6.45, 7) is 0. The summed E-state index contributed by atoms with van der Waals surface area (Å²) in [6.07, 6.45) is 2.73. The fourth-order valence-electron chi connectivity index (χ4n) is 1.39. The number of furan rings is 1. The number of rotatable bonds is 3. The first kappa shape index (κ1) is 14.0. The number of anilines is 1. The molecule has 2 amide bonds.